The van der Waals surface area contributed by atoms with Gasteiger partial charge < -0.3 is 26.1 Å². The Morgan fingerprint density at radius 1 is 1.30 bits per heavy atom. The lowest BCUT2D eigenvalue weighted by Crippen LogP contribution is -2.43. The van der Waals surface area contributed by atoms with Crippen LogP contribution in [0.2, 0.25) is 0 Å². The molecule has 2 aliphatic rings. The Morgan fingerprint density at radius 3 is 2.70 bits per heavy atom. The minimum absolute atomic E-state index is 0.180. The summed E-state index contributed by atoms with van der Waals surface area (Å²) in [7, 11) is 0. The van der Waals surface area contributed by atoms with E-state index >= 15 is 0 Å². The SMILES string of the molecule is N#CC1=C(N)CC2Oc3cc(O)c(O)cc3CC2C1=N. The zero-order valence-corrected chi connectivity index (χ0v) is 10.6. The number of hydrogen-bond acceptors (Lipinski definition) is 6. The lowest BCUT2D eigenvalue weighted by Gasteiger charge is -2.37. The third-order valence-corrected chi connectivity index (χ3v) is 3.82. The first-order valence-corrected chi connectivity index (χ1v) is 6.20. The lowest BCUT2D eigenvalue weighted by atomic mass is 9.78. The molecule has 1 aliphatic carbocycles. The molecule has 6 nitrogen and oxygen atoms in total. The normalized spacial score (nSPS) is 24.4. The quantitative estimate of drug-likeness (QED) is 0.527. The summed E-state index contributed by atoms with van der Waals surface area (Å²) in [5.41, 5.74) is 7.29. The van der Waals surface area contributed by atoms with E-state index in [-0.39, 0.29) is 34.8 Å². The van der Waals surface area contributed by atoms with E-state index in [2.05, 4.69) is 0 Å². The zero-order chi connectivity index (χ0) is 14.4. The molecule has 20 heavy (non-hydrogen) atoms. The fourth-order valence-corrected chi connectivity index (χ4v) is 2.76. The monoisotopic (exact) mass is 271 g/mol. The van der Waals surface area contributed by atoms with Crippen LogP contribution in [0.3, 0.4) is 0 Å². The van der Waals surface area contributed by atoms with Crippen molar-refractivity contribution in [3.8, 4) is 23.3 Å². The largest absolute Gasteiger partial charge is 0.504 e. The molecule has 0 radical (unpaired) electrons. The molecule has 0 saturated heterocycles. The second kappa shape index (κ2) is 4.17. The highest BCUT2D eigenvalue weighted by Gasteiger charge is 2.39. The van der Waals surface area contributed by atoms with E-state index in [4.69, 9.17) is 21.1 Å². The van der Waals surface area contributed by atoms with E-state index in [1.165, 1.54) is 12.1 Å². The smallest absolute Gasteiger partial charge is 0.161 e. The first-order chi connectivity index (χ1) is 9.51. The summed E-state index contributed by atoms with van der Waals surface area (Å²) in [5, 5.41) is 36.2. The van der Waals surface area contributed by atoms with Gasteiger partial charge in [-0.2, -0.15) is 5.26 Å². The van der Waals surface area contributed by atoms with Gasteiger partial charge in [-0.1, -0.05) is 0 Å². The zero-order valence-electron chi connectivity index (χ0n) is 10.6. The minimum Gasteiger partial charge on any atom is -0.504 e. The van der Waals surface area contributed by atoms with Gasteiger partial charge in [0.2, 0.25) is 0 Å². The van der Waals surface area contributed by atoms with Gasteiger partial charge in [-0.15, -0.1) is 0 Å². The molecule has 0 amide bonds. The molecule has 0 bridgehead atoms. The molecule has 1 aliphatic heterocycles. The average Bonchev–Trinajstić information content (AvgIpc) is 2.39. The average molecular weight is 271 g/mol. The third kappa shape index (κ3) is 1.67. The molecule has 1 aromatic rings. The van der Waals surface area contributed by atoms with Crippen molar-refractivity contribution in [1.82, 2.24) is 0 Å². The van der Waals surface area contributed by atoms with Gasteiger partial charge in [0.1, 0.15) is 17.9 Å². The number of nitrogens with one attached hydrogen (secondary N) is 1. The standard InChI is InChI=1S/C14H13N3O3/c15-5-8-9(16)3-13-7(14(8)17)1-6-2-10(18)11(19)4-12(6)20-13/h2,4,7,13,17-19H,1,3,16H2. The Hall–Kier alpha value is -2.68. The first kappa shape index (κ1) is 12.4. The van der Waals surface area contributed by atoms with Crippen LogP contribution in [0.15, 0.2) is 23.4 Å². The number of phenolic OH excluding ortho intramolecular Hbond substituents is 2. The van der Waals surface area contributed by atoms with Gasteiger partial charge >= 0.3 is 0 Å². The molecule has 102 valence electrons. The number of nitrogens with two attached hydrogens (primary N) is 1. The summed E-state index contributed by atoms with van der Waals surface area (Å²) in [6.07, 6.45) is 0.554. The Balaban J connectivity index is 2.02. The Morgan fingerprint density at radius 2 is 2.00 bits per heavy atom. The molecule has 0 fully saturated rings. The predicted octanol–water partition coefficient (Wildman–Crippen LogP) is 1.18. The maximum atomic E-state index is 9.54. The Kier molecular flexibility index (Phi) is 2.57. The summed E-state index contributed by atoms with van der Waals surface area (Å²) in [5.74, 6) is -0.228. The van der Waals surface area contributed by atoms with Gasteiger partial charge in [0.15, 0.2) is 11.5 Å². The number of aromatic hydroxyl groups is 2. The maximum Gasteiger partial charge on any atom is 0.161 e. The first-order valence-electron chi connectivity index (χ1n) is 6.20. The van der Waals surface area contributed by atoms with E-state index in [1.807, 2.05) is 6.07 Å². The number of fused-ring (bicyclic) bond motifs is 2. The van der Waals surface area contributed by atoms with Gasteiger partial charge in [-0.05, 0) is 18.1 Å². The fraction of sp³-hybridized carbons (Fsp3) is 0.286. The highest BCUT2D eigenvalue weighted by molar-refractivity contribution is 6.05. The third-order valence-electron chi connectivity index (χ3n) is 3.82. The maximum absolute atomic E-state index is 9.54. The van der Waals surface area contributed by atoms with Crippen LogP contribution in [0.25, 0.3) is 0 Å². The number of ether oxygens (including phenoxy) is 1. The lowest BCUT2D eigenvalue weighted by molar-refractivity contribution is 0.140. The highest BCUT2D eigenvalue weighted by Crippen LogP contribution is 2.41. The van der Waals surface area contributed by atoms with E-state index < -0.39 is 0 Å². The molecule has 5 N–H and O–H groups in total. The van der Waals surface area contributed by atoms with E-state index in [9.17, 15) is 10.2 Å². The predicted molar refractivity (Wildman–Crippen MR) is 70.6 cm³/mol. The van der Waals surface area contributed by atoms with E-state index in [1.54, 1.807) is 0 Å². The van der Waals surface area contributed by atoms with E-state index in [0.29, 0.717) is 29.9 Å². The summed E-state index contributed by atoms with van der Waals surface area (Å²) in [6.45, 7) is 0. The molecule has 3 rings (SSSR count). The molecule has 0 aromatic heterocycles. The number of benzene rings is 1. The van der Waals surface area contributed by atoms with Crippen molar-refractivity contribution in [1.29, 1.82) is 10.7 Å². The van der Waals surface area contributed by atoms with Crippen molar-refractivity contribution in [2.24, 2.45) is 11.7 Å². The van der Waals surface area contributed by atoms with Gasteiger partial charge in [-0.25, -0.2) is 0 Å². The number of nitriles is 1. The molecule has 2 unspecified atom stereocenters. The Labute approximate surface area is 115 Å². The van der Waals surface area contributed by atoms with Gasteiger partial charge in [0, 0.05) is 24.1 Å². The fourth-order valence-electron chi connectivity index (χ4n) is 2.76. The topological polar surface area (TPSA) is 123 Å². The van der Waals surface area contributed by atoms with Crippen LogP contribution in [0, 0.1) is 22.7 Å². The summed E-state index contributed by atoms with van der Waals surface area (Å²) in [4.78, 5) is 0. The van der Waals surface area contributed by atoms with Crippen LogP contribution >= 0.6 is 0 Å². The molecule has 6 heteroatoms. The van der Waals surface area contributed by atoms with E-state index in [0.717, 1.165) is 0 Å². The van der Waals surface area contributed by atoms with Crippen molar-refractivity contribution < 1.29 is 14.9 Å². The second-order valence-corrected chi connectivity index (χ2v) is 5.05. The highest BCUT2D eigenvalue weighted by atomic mass is 16.5. The summed E-state index contributed by atoms with van der Waals surface area (Å²) >= 11 is 0. The molecular weight excluding hydrogens is 258 g/mol. The molecule has 2 atom stereocenters. The summed E-state index contributed by atoms with van der Waals surface area (Å²) in [6, 6.07) is 4.76. The van der Waals surface area contributed by atoms with Gasteiger partial charge in [0.25, 0.3) is 0 Å². The van der Waals surface area contributed by atoms with Crippen LogP contribution in [0.1, 0.15) is 12.0 Å². The van der Waals surface area contributed by atoms with Crippen molar-refractivity contribution in [2.75, 3.05) is 0 Å². The van der Waals surface area contributed by atoms with Crippen LogP contribution < -0.4 is 10.5 Å². The van der Waals surface area contributed by atoms with Crippen molar-refractivity contribution in [3.63, 3.8) is 0 Å². The number of allylic oxidation sites excluding steroid dienone is 1. The molecule has 1 heterocycles. The van der Waals surface area contributed by atoms with Crippen LogP contribution in [-0.4, -0.2) is 22.0 Å². The van der Waals surface area contributed by atoms with Crippen molar-refractivity contribution in [2.45, 2.75) is 18.9 Å². The van der Waals surface area contributed by atoms with Gasteiger partial charge in [-0.3, -0.25) is 0 Å². The number of rotatable bonds is 0. The summed E-state index contributed by atoms with van der Waals surface area (Å²) < 4.78 is 5.77. The number of phenols is 2. The number of hydrogen-bond donors (Lipinski definition) is 4. The molecular formula is C14H13N3O3. The Bertz CT molecular complexity index is 688. The van der Waals surface area contributed by atoms with Crippen molar-refractivity contribution >= 4 is 5.71 Å². The number of nitrogens with zero attached hydrogens (tertiary/aromatic N) is 1. The van der Waals surface area contributed by atoms with Crippen LogP contribution in [-0.2, 0) is 6.42 Å². The van der Waals surface area contributed by atoms with Gasteiger partial charge in [0.05, 0.1) is 11.3 Å². The second-order valence-electron chi connectivity index (χ2n) is 5.05. The van der Waals surface area contributed by atoms with Crippen molar-refractivity contribution in [3.05, 3.63) is 29.0 Å². The molecule has 0 spiro atoms. The minimum atomic E-state index is -0.309. The van der Waals surface area contributed by atoms with Crippen LogP contribution in [0.4, 0.5) is 0 Å². The molecule has 0 saturated carbocycles. The molecule has 1 aromatic carbocycles. The van der Waals surface area contributed by atoms with Crippen LogP contribution in [0.5, 0.6) is 17.2 Å².